The minimum absolute atomic E-state index is 0.00344. The van der Waals surface area contributed by atoms with Crippen LogP contribution in [0.1, 0.15) is 73.5 Å². The standard InChI is InChI=1S/C26H33F3N4O4S/c1-18(32-24(35)25(11-3-4-12-25)13-5-6-14-38(2,36)37)15-19-7-9-20(10-8-19)33-23(34)21-16-30-17-31-22(21)26(27,28)29/h7-10,16-18H,3-6,11-15H2,1-2H3,(H,32,35)(H,33,34). The van der Waals surface area contributed by atoms with Crippen molar-refractivity contribution >= 4 is 27.3 Å². The van der Waals surface area contributed by atoms with Gasteiger partial charge in [0.1, 0.15) is 16.2 Å². The van der Waals surface area contributed by atoms with E-state index in [9.17, 15) is 31.2 Å². The van der Waals surface area contributed by atoms with Crippen LogP contribution < -0.4 is 10.6 Å². The molecule has 12 heteroatoms. The molecule has 0 radical (unpaired) electrons. The molecule has 2 N–H and O–H groups in total. The van der Waals surface area contributed by atoms with Crippen LogP contribution >= 0.6 is 0 Å². The summed E-state index contributed by atoms with van der Waals surface area (Å²) in [5.74, 6) is -0.846. The summed E-state index contributed by atoms with van der Waals surface area (Å²) < 4.78 is 62.2. The predicted octanol–water partition coefficient (Wildman–Crippen LogP) is 4.57. The van der Waals surface area contributed by atoms with E-state index < -0.39 is 38.6 Å². The molecule has 2 amide bonds. The quantitative estimate of drug-likeness (QED) is 0.393. The van der Waals surface area contributed by atoms with Crippen LogP contribution in [0, 0.1) is 5.41 Å². The van der Waals surface area contributed by atoms with E-state index in [0.29, 0.717) is 31.4 Å². The summed E-state index contributed by atoms with van der Waals surface area (Å²) in [6, 6.07) is 6.47. The molecule has 1 fully saturated rings. The van der Waals surface area contributed by atoms with Crippen molar-refractivity contribution in [2.24, 2.45) is 5.41 Å². The lowest BCUT2D eigenvalue weighted by molar-refractivity contribution is -0.141. The first-order valence-electron chi connectivity index (χ1n) is 12.6. The molecule has 1 aromatic heterocycles. The highest BCUT2D eigenvalue weighted by atomic mass is 32.2. The summed E-state index contributed by atoms with van der Waals surface area (Å²) in [5.41, 5.74) is -1.25. The highest BCUT2D eigenvalue weighted by molar-refractivity contribution is 7.90. The lowest BCUT2D eigenvalue weighted by atomic mass is 9.80. The van der Waals surface area contributed by atoms with Crippen LogP contribution in [0.4, 0.5) is 18.9 Å². The Bertz CT molecular complexity index is 1230. The second-order valence-corrected chi connectivity index (χ2v) is 12.3. The highest BCUT2D eigenvalue weighted by Crippen LogP contribution is 2.42. The molecule has 1 aliphatic rings. The van der Waals surface area contributed by atoms with Crippen molar-refractivity contribution in [2.75, 3.05) is 17.3 Å². The topological polar surface area (TPSA) is 118 Å². The fraction of sp³-hybridized carbons (Fsp3) is 0.538. The van der Waals surface area contributed by atoms with Crippen molar-refractivity contribution < 1.29 is 31.2 Å². The van der Waals surface area contributed by atoms with Crippen LogP contribution in [-0.2, 0) is 27.2 Å². The van der Waals surface area contributed by atoms with E-state index in [1.165, 1.54) is 6.26 Å². The van der Waals surface area contributed by atoms with Crippen molar-refractivity contribution in [3.8, 4) is 0 Å². The zero-order valence-corrected chi connectivity index (χ0v) is 22.3. The van der Waals surface area contributed by atoms with Crippen molar-refractivity contribution in [3.63, 3.8) is 0 Å². The minimum atomic E-state index is -4.78. The molecule has 0 saturated heterocycles. The maximum Gasteiger partial charge on any atom is 0.434 e. The number of halogens is 3. The molecule has 0 aliphatic heterocycles. The maximum atomic E-state index is 13.2. The van der Waals surface area contributed by atoms with Crippen LogP contribution in [0.5, 0.6) is 0 Å². The second-order valence-electron chi connectivity index (χ2n) is 10.1. The Kier molecular flexibility index (Phi) is 9.50. The summed E-state index contributed by atoms with van der Waals surface area (Å²) in [6.45, 7) is 1.90. The number of hydrogen-bond donors (Lipinski definition) is 2. The summed E-state index contributed by atoms with van der Waals surface area (Å²) in [5, 5.41) is 5.54. The maximum absolute atomic E-state index is 13.2. The third kappa shape index (κ3) is 8.24. The monoisotopic (exact) mass is 554 g/mol. The van der Waals surface area contributed by atoms with Gasteiger partial charge in [-0.2, -0.15) is 13.2 Å². The smallest absolute Gasteiger partial charge is 0.353 e. The molecule has 1 aliphatic carbocycles. The number of aromatic nitrogens is 2. The van der Waals surface area contributed by atoms with Gasteiger partial charge in [-0.3, -0.25) is 9.59 Å². The van der Waals surface area contributed by atoms with E-state index in [1.807, 2.05) is 6.92 Å². The lowest BCUT2D eigenvalue weighted by Crippen LogP contribution is -2.44. The lowest BCUT2D eigenvalue weighted by Gasteiger charge is -2.29. The SMILES string of the molecule is CC(Cc1ccc(NC(=O)c2cncnc2C(F)(F)F)cc1)NC(=O)C1(CCCCS(C)(=O)=O)CCCC1. The van der Waals surface area contributed by atoms with Gasteiger partial charge in [0.2, 0.25) is 5.91 Å². The fourth-order valence-electron chi connectivity index (χ4n) is 4.90. The van der Waals surface area contributed by atoms with Gasteiger partial charge in [-0.1, -0.05) is 31.4 Å². The zero-order chi connectivity index (χ0) is 28.0. The van der Waals surface area contributed by atoms with E-state index in [2.05, 4.69) is 20.6 Å². The number of nitrogens with one attached hydrogen (secondary N) is 2. The van der Waals surface area contributed by atoms with Crippen molar-refractivity contribution in [2.45, 2.75) is 70.5 Å². The van der Waals surface area contributed by atoms with Gasteiger partial charge < -0.3 is 10.6 Å². The fourth-order valence-corrected chi connectivity index (χ4v) is 5.62. The molecule has 1 unspecified atom stereocenters. The largest absolute Gasteiger partial charge is 0.434 e. The Labute approximate surface area is 220 Å². The zero-order valence-electron chi connectivity index (χ0n) is 21.5. The Hall–Kier alpha value is -3.02. The van der Waals surface area contributed by atoms with Crippen LogP contribution in [-0.4, -0.2) is 48.3 Å². The first-order chi connectivity index (χ1) is 17.8. The molecule has 1 saturated carbocycles. The highest BCUT2D eigenvalue weighted by Gasteiger charge is 2.41. The minimum Gasteiger partial charge on any atom is -0.353 e. The average Bonchev–Trinajstić information content (AvgIpc) is 3.32. The summed E-state index contributed by atoms with van der Waals surface area (Å²) >= 11 is 0. The summed E-state index contributed by atoms with van der Waals surface area (Å²) in [6.07, 6.45) is 3.94. The molecule has 38 heavy (non-hydrogen) atoms. The summed E-state index contributed by atoms with van der Waals surface area (Å²) in [4.78, 5) is 32.3. The number of rotatable bonds is 11. The number of sulfone groups is 1. The molecule has 1 heterocycles. The van der Waals surface area contributed by atoms with E-state index in [1.54, 1.807) is 24.3 Å². The van der Waals surface area contributed by atoms with Gasteiger partial charge in [0, 0.05) is 35.3 Å². The number of amides is 2. The van der Waals surface area contributed by atoms with Crippen LogP contribution in [0.2, 0.25) is 0 Å². The van der Waals surface area contributed by atoms with Crippen molar-refractivity contribution in [1.82, 2.24) is 15.3 Å². The number of carbonyl (C=O) groups is 2. The molecular formula is C26H33F3N4O4S. The Morgan fingerprint density at radius 1 is 1.11 bits per heavy atom. The number of nitrogens with zero attached hydrogens (tertiary/aromatic N) is 2. The van der Waals surface area contributed by atoms with E-state index in [0.717, 1.165) is 43.8 Å². The van der Waals surface area contributed by atoms with Crippen LogP contribution in [0.25, 0.3) is 0 Å². The molecule has 0 bridgehead atoms. The molecule has 3 rings (SSSR count). The predicted molar refractivity (Wildman–Crippen MR) is 137 cm³/mol. The van der Waals surface area contributed by atoms with Gasteiger partial charge in [0.15, 0.2) is 5.69 Å². The molecule has 0 spiro atoms. The molecule has 8 nitrogen and oxygen atoms in total. The number of hydrogen-bond acceptors (Lipinski definition) is 6. The van der Waals surface area contributed by atoms with E-state index in [4.69, 9.17) is 0 Å². The van der Waals surface area contributed by atoms with Crippen molar-refractivity contribution in [3.05, 3.63) is 53.6 Å². The van der Waals surface area contributed by atoms with E-state index >= 15 is 0 Å². The summed E-state index contributed by atoms with van der Waals surface area (Å²) in [7, 11) is -3.02. The van der Waals surface area contributed by atoms with Crippen LogP contribution in [0.15, 0.2) is 36.8 Å². The van der Waals surface area contributed by atoms with Gasteiger partial charge >= 0.3 is 6.18 Å². The number of benzene rings is 1. The molecule has 1 aromatic carbocycles. The van der Waals surface area contributed by atoms with Gasteiger partial charge in [0.25, 0.3) is 5.91 Å². The van der Waals surface area contributed by atoms with E-state index in [-0.39, 0.29) is 17.7 Å². The first-order valence-corrected chi connectivity index (χ1v) is 14.6. The third-order valence-corrected chi connectivity index (χ3v) is 7.85. The Balaban J connectivity index is 1.55. The number of anilines is 1. The van der Waals surface area contributed by atoms with Gasteiger partial charge in [-0.25, -0.2) is 18.4 Å². The first kappa shape index (κ1) is 29.5. The molecule has 1 atom stereocenters. The van der Waals surface area contributed by atoms with Crippen molar-refractivity contribution in [1.29, 1.82) is 0 Å². The second kappa shape index (κ2) is 12.2. The molecular weight excluding hydrogens is 521 g/mol. The van der Waals surface area contributed by atoms with Gasteiger partial charge in [-0.05, 0) is 56.7 Å². The molecule has 208 valence electrons. The Morgan fingerprint density at radius 2 is 1.76 bits per heavy atom. The number of unbranched alkanes of at least 4 members (excludes halogenated alkanes) is 1. The number of alkyl halides is 3. The Morgan fingerprint density at radius 3 is 2.37 bits per heavy atom. The van der Waals surface area contributed by atoms with Gasteiger partial charge in [-0.15, -0.1) is 0 Å². The molecule has 2 aromatic rings. The van der Waals surface area contributed by atoms with Crippen LogP contribution in [0.3, 0.4) is 0 Å². The van der Waals surface area contributed by atoms with Gasteiger partial charge in [0.05, 0.1) is 5.56 Å². The normalized spacial score (nSPS) is 16.1. The number of carbonyl (C=O) groups excluding carboxylic acids is 2. The average molecular weight is 555 g/mol. The third-order valence-electron chi connectivity index (χ3n) is 6.82.